The Morgan fingerprint density at radius 1 is 1.33 bits per heavy atom. The largest absolute Gasteiger partial charge is 0.409 e. The van der Waals surface area contributed by atoms with Crippen molar-refractivity contribution in [2.24, 2.45) is 10.9 Å². The van der Waals surface area contributed by atoms with E-state index in [9.17, 15) is 13.2 Å². The summed E-state index contributed by atoms with van der Waals surface area (Å²) >= 11 is 0. The van der Waals surface area contributed by atoms with Crippen LogP contribution in [0.2, 0.25) is 0 Å². The lowest BCUT2D eigenvalue weighted by Gasteiger charge is -2.15. The van der Waals surface area contributed by atoms with Gasteiger partial charge in [0.1, 0.15) is 5.92 Å². The molecule has 9 heteroatoms. The lowest BCUT2D eigenvalue weighted by atomic mass is 9.97. The van der Waals surface area contributed by atoms with Gasteiger partial charge in [-0.05, 0) is 5.56 Å². The van der Waals surface area contributed by atoms with Gasteiger partial charge in [0.25, 0.3) is 0 Å². The molecule has 0 aromatic heterocycles. The van der Waals surface area contributed by atoms with Crippen molar-refractivity contribution < 1.29 is 18.4 Å². The third-order valence-corrected chi connectivity index (χ3v) is 3.32. The van der Waals surface area contributed by atoms with Gasteiger partial charge in [-0.1, -0.05) is 35.5 Å². The minimum Gasteiger partial charge on any atom is -0.409 e. The number of hydrogen-bond donors (Lipinski definition) is 4. The molecule has 1 aromatic rings. The Labute approximate surface area is 123 Å². The van der Waals surface area contributed by atoms with E-state index in [2.05, 4.69) is 15.2 Å². The predicted molar refractivity (Wildman–Crippen MR) is 78.4 cm³/mol. The average molecular weight is 314 g/mol. The number of carbonyl (C=O) groups excluding carboxylic acids is 1. The Balaban J connectivity index is 2.70. The van der Waals surface area contributed by atoms with E-state index >= 15 is 0 Å². The van der Waals surface area contributed by atoms with Crippen molar-refractivity contribution in [3.05, 3.63) is 35.9 Å². The molecular formula is C12H18N4O4S. The molecular weight excluding hydrogens is 296 g/mol. The molecule has 0 spiro atoms. The third kappa shape index (κ3) is 5.79. The summed E-state index contributed by atoms with van der Waals surface area (Å²) in [7, 11) is -3.31. The number of nitrogens with one attached hydrogen (secondary N) is 2. The van der Waals surface area contributed by atoms with Crippen molar-refractivity contribution in [1.29, 1.82) is 0 Å². The smallest absolute Gasteiger partial charge is 0.235 e. The van der Waals surface area contributed by atoms with Crippen LogP contribution in [0.15, 0.2) is 35.5 Å². The molecule has 0 aliphatic rings. The van der Waals surface area contributed by atoms with Crippen molar-refractivity contribution in [3.63, 3.8) is 0 Å². The average Bonchev–Trinajstić information content (AvgIpc) is 2.44. The molecule has 1 unspecified atom stereocenters. The number of amidine groups is 1. The fraction of sp³-hybridized carbons (Fsp3) is 0.333. The molecule has 0 saturated heterocycles. The zero-order valence-corrected chi connectivity index (χ0v) is 12.3. The van der Waals surface area contributed by atoms with Gasteiger partial charge in [-0.15, -0.1) is 0 Å². The quantitative estimate of drug-likeness (QED) is 0.171. The Kier molecular flexibility index (Phi) is 6.12. The lowest BCUT2D eigenvalue weighted by molar-refractivity contribution is -0.121. The normalized spacial score (nSPS) is 13.7. The van der Waals surface area contributed by atoms with Gasteiger partial charge < -0.3 is 16.3 Å². The molecule has 1 aromatic carbocycles. The summed E-state index contributed by atoms with van der Waals surface area (Å²) in [4.78, 5) is 12.1. The highest BCUT2D eigenvalue weighted by Gasteiger charge is 2.24. The van der Waals surface area contributed by atoms with Crippen LogP contribution in [-0.2, 0) is 14.8 Å². The van der Waals surface area contributed by atoms with Gasteiger partial charge in [0.15, 0.2) is 5.84 Å². The summed E-state index contributed by atoms with van der Waals surface area (Å²) in [5, 5.41) is 14.2. The van der Waals surface area contributed by atoms with Gasteiger partial charge in [-0.25, -0.2) is 13.1 Å². The Morgan fingerprint density at radius 2 is 1.95 bits per heavy atom. The van der Waals surface area contributed by atoms with Crippen LogP contribution in [0, 0.1) is 0 Å². The Bertz CT molecular complexity index is 601. The summed E-state index contributed by atoms with van der Waals surface area (Å²) in [5.74, 6) is -1.66. The maximum atomic E-state index is 12.1. The molecule has 116 valence electrons. The van der Waals surface area contributed by atoms with Crippen LogP contribution < -0.4 is 15.8 Å². The summed E-state index contributed by atoms with van der Waals surface area (Å²) in [6.07, 6.45) is 1.03. The predicted octanol–water partition coefficient (Wildman–Crippen LogP) is -0.818. The molecule has 21 heavy (non-hydrogen) atoms. The van der Waals surface area contributed by atoms with E-state index in [1.807, 2.05) is 0 Å². The van der Waals surface area contributed by atoms with Crippen molar-refractivity contribution >= 4 is 21.8 Å². The second-order valence-electron chi connectivity index (χ2n) is 4.33. The standard InChI is InChI=1S/C12H18N4O4S/c1-21(19,20)15-8-7-14-12(17)10(11(13)16-18)9-5-3-2-4-6-9/h2-6,10,15,18H,7-8H2,1H3,(H2,13,16)(H,14,17). The van der Waals surface area contributed by atoms with Gasteiger partial charge in [0.05, 0.1) is 6.26 Å². The summed E-state index contributed by atoms with van der Waals surface area (Å²) in [6.45, 7) is 0.149. The summed E-state index contributed by atoms with van der Waals surface area (Å²) in [6, 6.07) is 8.59. The fourth-order valence-electron chi connectivity index (χ4n) is 1.68. The number of nitrogens with zero attached hydrogens (tertiary/aromatic N) is 1. The molecule has 5 N–H and O–H groups in total. The van der Waals surface area contributed by atoms with Crippen molar-refractivity contribution in [2.45, 2.75) is 5.92 Å². The highest BCUT2D eigenvalue weighted by Crippen LogP contribution is 2.15. The molecule has 0 aliphatic heterocycles. The van der Waals surface area contributed by atoms with Gasteiger partial charge in [-0.2, -0.15) is 0 Å². The molecule has 0 saturated carbocycles. The van der Waals surface area contributed by atoms with Crippen molar-refractivity contribution in [3.8, 4) is 0 Å². The van der Waals surface area contributed by atoms with Crippen LogP contribution in [-0.4, -0.2) is 44.7 Å². The zero-order valence-electron chi connectivity index (χ0n) is 11.5. The molecule has 0 aliphatic carbocycles. The van der Waals surface area contributed by atoms with Gasteiger partial charge >= 0.3 is 0 Å². The monoisotopic (exact) mass is 314 g/mol. The van der Waals surface area contributed by atoms with Crippen LogP contribution in [0.5, 0.6) is 0 Å². The number of oxime groups is 1. The number of amides is 1. The van der Waals surface area contributed by atoms with Gasteiger partial charge in [0.2, 0.25) is 15.9 Å². The molecule has 8 nitrogen and oxygen atoms in total. The second kappa shape index (κ2) is 7.60. The second-order valence-corrected chi connectivity index (χ2v) is 6.16. The minimum atomic E-state index is -3.31. The lowest BCUT2D eigenvalue weighted by Crippen LogP contribution is -2.40. The first-order chi connectivity index (χ1) is 9.85. The third-order valence-electron chi connectivity index (χ3n) is 2.59. The first-order valence-corrected chi connectivity index (χ1v) is 7.99. The van der Waals surface area contributed by atoms with E-state index in [1.54, 1.807) is 30.3 Å². The number of carbonyl (C=O) groups is 1. The van der Waals surface area contributed by atoms with E-state index in [-0.39, 0.29) is 18.9 Å². The van der Waals surface area contributed by atoms with Crippen molar-refractivity contribution in [2.75, 3.05) is 19.3 Å². The Hall–Kier alpha value is -2.13. The zero-order chi connectivity index (χ0) is 15.9. The van der Waals surface area contributed by atoms with Crippen LogP contribution >= 0.6 is 0 Å². The highest BCUT2D eigenvalue weighted by molar-refractivity contribution is 7.88. The van der Waals surface area contributed by atoms with Crippen LogP contribution in [0.3, 0.4) is 0 Å². The highest BCUT2D eigenvalue weighted by atomic mass is 32.2. The van der Waals surface area contributed by atoms with Crippen LogP contribution in [0.25, 0.3) is 0 Å². The number of nitrogens with two attached hydrogens (primary N) is 1. The molecule has 1 amide bonds. The first-order valence-electron chi connectivity index (χ1n) is 6.10. The van der Waals surface area contributed by atoms with Crippen LogP contribution in [0.1, 0.15) is 11.5 Å². The van der Waals surface area contributed by atoms with Crippen molar-refractivity contribution in [1.82, 2.24) is 10.0 Å². The molecule has 0 heterocycles. The number of rotatable bonds is 7. The first kappa shape index (κ1) is 16.9. The summed E-state index contributed by atoms with van der Waals surface area (Å²) in [5.41, 5.74) is 6.12. The maximum Gasteiger partial charge on any atom is 0.235 e. The minimum absolute atomic E-state index is 0.0578. The molecule has 0 fully saturated rings. The Morgan fingerprint density at radius 3 is 2.48 bits per heavy atom. The van der Waals surface area contributed by atoms with Gasteiger partial charge in [0, 0.05) is 13.1 Å². The number of sulfonamides is 1. The van der Waals surface area contributed by atoms with E-state index in [0.717, 1.165) is 6.26 Å². The van der Waals surface area contributed by atoms with Gasteiger partial charge in [-0.3, -0.25) is 4.79 Å². The van der Waals surface area contributed by atoms with E-state index in [1.165, 1.54) is 0 Å². The van der Waals surface area contributed by atoms with E-state index in [0.29, 0.717) is 5.56 Å². The molecule has 1 rings (SSSR count). The molecule has 0 radical (unpaired) electrons. The number of benzene rings is 1. The van der Waals surface area contributed by atoms with Crippen LogP contribution in [0.4, 0.5) is 0 Å². The number of hydrogen-bond acceptors (Lipinski definition) is 5. The maximum absolute atomic E-state index is 12.1. The fourth-order valence-corrected chi connectivity index (χ4v) is 2.16. The molecule has 0 bridgehead atoms. The SMILES string of the molecule is CS(=O)(=O)NCCNC(=O)C(C(N)=NO)c1ccccc1. The molecule has 1 atom stereocenters. The van der Waals surface area contributed by atoms with E-state index in [4.69, 9.17) is 10.9 Å². The summed E-state index contributed by atoms with van der Waals surface area (Å²) < 4.78 is 24.0. The van der Waals surface area contributed by atoms with E-state index < -0.39 is 21.8 Å². The topological polar surface area (TPSA) is 134 Å².